The van der Waals surface area contributed by atoms with Crippen molar-refractivity contribution in [2.45, 2.75) is 26.8 Å². The van der Waals surface area contributed by atoms with E-state index in [9.17, 15) is 9.18 Å². The lowest BCUT2D eigenvalue weighted by Crippen LogP contribution is -2.19. The Labute approximate surface area is 151 Å². The molecule has 1 heterocycles. The maximum atomic E-state index is 12.9. The highest BCUT2D eigenvalue weighted by atomic mass is 19.1. The van der Waals surface area contributed by atoms with Crippen LogP contribution in [0.5, 0.6) is 0 Å². The molecule has 0 saturated heterocycles. The Bertz CT molecular complexity index is 916. The van der Waals surface area contributed by atoms with Gasteiger partial charge in [0.25, 0.3) is 0 Å². The summed E-state index contributed by atoms with van der Waals surface area (Å²) in [5, 5.41) is 9.86. The van der Waals surface area contributed by atoms with Gasteiger partial charge in [0.05, 0.1) is 5.69 Å². The summed E-state index contributed by atoms with van der Waals surface area (Å²) in [5.74, 6) is -0.346. The van der Waals surface area contributed by atoms with Gasteiger partial charge >= 0.3 is 6.03 Å². The third-order valence-corrected chi connectivity index (χ3v) is 4.03. The van der Waals surface area contributed by atoms with Gasteiger partial charge in [0.15, 0.2) is 0 Å². The van der Waals surface area contributed by atoms with E-state index in [1.54, 1.807) is 6.20 Å². The summed E-state index contributed by atoms with van der Waals surface area (Å²) >= 11 is 0. The van der Waals surface area contributed by atoms with Crippen LogP contribution in [0.4, 0.5) is 20.6 Å². The molecule has 1 aromatic heterocycles. The quantitative estimate of drug-likeness (QED) is 0.676. The number of nitrogens with zero attached hydrogens (tertiary/aromatic N) is 2. The summed E-state index contributed by atoms with van der Waals surface area (Å²) in [6, 6.07) is 13.2. The highest BCUT2D eigenvalue weighted by Crippen LogP contribution is 2.28. The number of carbonyl (C=O) groups is 1. The number of urea groups is 1. The van der Waals surface area contributed by atoms with Crippen molar-refractivity contribution in [2.75, 3.05) is 10.6 Å². The molecule has 6 heteroatoms. The van der Waals surface area contributed by atoms with Crippen LogP contribution in [0.1, 0.15) is 25.5 Å². The van der Waals surface area contributed by atoms with E-state index in [1.165, 1.54) is 24.3 Å². The summed E-state index contributed by atoms with van der Waals surface area (Å²) in [6.07, 6.45) is 1.77. The van der Waals surface area contributed by atoms with E-state index in [4.69, 9.17) is 0 Å². The van der Waals surface area contributed by atoms with E-state index < -0.39 is 0 Å². The first kappa shape index (κ1) is 17.7. The van der Waals surface area contributed by atoms with Crippen LogP contribution in [0.3, 0.4) is 0 Å². The van der Waals surface area contributed by atoms with Gasteiger partial charge in [0.2, 0.25) is 0 Å². The monoisotopic (exact) mass is 352 g/mol. The van der Waals surface area contributed by atoms with Crippen LogP contribution in [-0.2, 0) is 0 Å². The van der Waals surface area contributed by atoms with Gasteiger partial charge in [-0.15, -0.1) is 0 Å². The zero-order valence-corrected chi connectivity index (χ0v) is 15.0. The van der Waals surface area contributed by atoms with Crippen molar-refractivity contribution >= 4 is 17.4 Å². The minimum Gasteiger partial charge on any atom is -0.308 e. The van der Waals surface area contributed by atoms with Crippen LogP contribution in [0.2, 0.25) is 0 Å². The van der Waals surface area contributed by atoms with E-state index >= 15 is 0 Å². The SMILES string of the molecule is Cc1ccc(NC(=O)Nc2ccc(F)cc2)cc1-c1ccnn1C(C)C. The van der Waals surface area contributed by atoms with E-state index in [-0.39, 0.29) is 17.9 Å². The predicted molar refractivity (Wildman–Crippen MR) is 102 cm³/mol. The average Bonchev–Trinajstić information content (AvgIpc) is 3.08. The zero-order valence-electron chi connectivity index (χ0n) is 15.0. The Balaban J connectivity index is 1.80. The van der Waals surface area contributed by atoms with Crippen molar-refractivity contribution in [2.24, 2.45) is 0 Å². The van der Waals surface area contributed by atoms with Gasteiger partial charge in [0, 0.05) is 29.2 Å². The number of rotatable bonds is 4. The Morgan fingerprint density at radius 3 is 2.38 bits per heavy atom. The number of halogens is 1. The molecule has 3 aromatic rings. The normalized spacial score (nSPS) is 10.8. The zero-order chi connectivity index (χ0) is 18.7. The molecular formula is C20H21FN4O. The van der Waals surface area contributed by atoms with E-state index in [2.05, 4.69) is 29.6 Å². The molecule has 134 valence electrons. The fourth-order valence-electron chi connectivity index (χ4n) is 2.74. The second-order valence-corrected chi connectivity index (χ2v) is 6.37. The lowest BCUT2D eigenvalue weighted by atomic mass is 10.0. The first-order valence-corrected chi connectivity index (χ1v) is 8.42. The van der Waals surface area contributed by atoms with E-state index in [1.807, 2.05) is 35.9 Å². The molecule has 5 nitrogen and oxygen atoms in total. The van der Waals surface area contributed by atoms with Gasteiger partial charge in [0.1, 0.15) is 5.82 Å². The van der Waals surface area contributed by atoms with Gasteiger partial charge in [-0.2, -0.15) is 5.10 Å². The standard InChI is InChI=1S/C20H21FN4O/c1-13(2)25-19(10-11-22-25)18-12-17(7-4-14(18)3)24-20(26)23-16-8-5-15(21)6-9-16/h4-13H,1-3H3,(H2,23,24,26). The topological polar surface area (TPSA) is 59.0 Å². The molecule has 0 aliphatic carbocycles. The summed E-state index contributed by atoms with van der Waals surface area (Å²) in [4.78, 5) is 12.2. The Kier molecular flexibility index (Phi) is 5.02. The van der Waals surface area contributed by atoms with Crippen LogP contribution < -0.4 is 10.6 Å². The van der Waals surface area contributed by atoms with Crippen molar-refractivity contribution in [3.63, 3.8) is 0 Å². The van der Waals surface area contributed by atoms with E-state index in [0.717, 1.165) is 16.8 Å². The summed E-state index contributed by atoms with van der Waals surface area (Å²) in [5.41, 5.74) is 4.30. The average molecular weight is 352 g/mol. The fraction of sp³-hybridized carbons (Fsp3) is 0.200. The Hall–Kier alpha value is -3.15. The second kappa shape index (κ2) is 7.39. The molecular weight excluding hydrogens is 331 g/mol. The van der Waals surface area contributed by atoms with Gasteiger partial charge < -0.3 is 10.6 Å². The van der Waals surface area contributed by atoms with Crippen molar-refractivity contribution in [1.82, 2.24) is 9.78 Å². The number of benzene rings is 2. The first-order valence-electron chi connectivity index (χ1n) is 8.42. The highest BCUT2D eigenvalue weighted by Gasteiger charge is 2.12. The van der Waals surface area contributed by atoms with Gasteiger partial charge in [-0.1, -0.05) is 6.07 Å². The van der Waals surface area contributed by atoms with Crippen molar-refractivity contribution in [3.05, 3.63) is 66.1 Å². The van der Waals surface area contributed by atoms with Gasteiger partial charge in [-0.25, -0.2) is 9.18 Å². The lowest BCUT2D eigenvalue weighted by molar-refractivity contribution is 0.262. The van der Waals surface area contributed by atoms with Crippen LogP contribution in [0.25, 0.3) is 11.3 Å². The molecule has 2 amide bonds. The molecule has 0 unspecified atom stereocenters. The molecule has 0 aliphatic rings. The smallest absolute Gasteiger partial charge is 0.308 e. The van der Waals surface area contributed by atoms with Gasteiger partial charge in [-0.05, 0) is 68.8 Å². The van der Waals surface area contributed by atoms with Crippen molar-refractivity contribution in [3.8, 4) is 11.3 Å². The number of hydrogen-bond donors (Lipinski definition) is 2. The van der Waals surface area contributed by atoms with E-state index in [0.29, 0.717) is 11.4 Å². The molecule has 2 N–H and O–H groups in total. The number of anilines is 2. The molecule has 0 spiro atoms. The molecule has 0 saturated carbocycles. The number of aryl methyl sites for hydroxylation is 1. The number of amides is 2. The number of aromatic nitrogens is 2. The largest absolute Gasteiger partial charge is 0.323 e. The summed E-state index contributed by atoms with van der Waals surface area (Å²) < 4.78 is 14.9. The molecule has 2 aromatic carbocycles. The van der Waals surface area contributed by atoms with Crippen LogP contribution in [0.15, 0.2) is 54.7 Å². The molecule has 3 rings (SSSR count). The Morgan fingerprint density at radius 1 is 1.04 bits per heavy atom. The number of hydrogen-bond acceptors (Lipinski definition) is 2. The first-order chi connectivity index (χ1) is 12.4. The molecule has 0 atom stereocenters. The van der Waals surface area contributed by atoms with Crippen LogP contribution in [0, 0.1) is 12.7 Å². The van der Waals surface area contributed by atoms with Gasteiger partial charge in [-0.3, -0.25) is 4.68 Å². The number of carbonyl (C=O) groups excluding carboxylic acids is 1. The van der Waals surface area contributed by atoms with Crippen LogP contribution in [-0.4, -0.2) is 15.8 Å². The molecule has 0 bridgehead atoms. The maximum Gasteiger partial charge on any atom is 0.323 e. The Morgan fingerprint density at radius 2 is 1.69 bits per heavy atom. The minimum absolute atomic E-state index is 0.234. The maximum absolute atomic E-state index is 12.9. The number of nitrogens with one attached hydrogen (secondary N) is 2. The second-order valence-electron chi connectivity index (χ2n) is 6.37. The molecule has 26 heavy (non-hydrogen) atoms. The highest BCUT2D eigenvalue weighted by molar-refractivity contribution is 6.00. The van der Waals surface area contributed by atoms with Crippen molar-refractivity contribution in [1.29, 1.82) is 0 Å². The summed E-state index contributed by atoms with van der Waals surface area (Å²) in [6.45, 7) is 6.17. The molecule has 0 fully saturated rings. The van der Waals surface area contributed by atoms with Crippen molar-refractivity contribution < 1.29 is 9.18 Å². The lowest BCUT2D eigenvalue weighted by Gasteiger charge is -2.15. The predicted octanol–water partition coefficient (Wildman–Crippen LogP) is 5.22. The molecule has 0 radical (unpaired) electrons. The third-order valence-electron chi connectivity index (χ3n) is 4.03. The minimum atomic E-state index is -0.385. The summed E-state index contributed by atoms with van der Waals surface area (Å²) in [7, 11) is 0. The fourth-order valence-corrected chi connectivity index (χ4v) is 2.74. The third kappa shape index (κ3) is 3.91. The van der Waals surface area contributed by atoms with Crippen LogP contribution >= 0.6 is 0 Å². The molecule has 0 aliphatic heterocycles.